The van der Waals surface area contributed by atoms with E-state index in [0.717, 1.165) is 10.5 Å². The van der Waals surface area contributed by atoms with Gasteiger partial charge in [-0.1, -0.05) is 71.8 Å². The lowest BCUT2D eigenvalue weighted by atomic mass is 9.77. The number of ketones is 2. The molecular weight excluding hydrogens is 466 g/mol. The van der Waals surface area contributed by atoms with Gasteiger partial charge in [-0.25, -0.2) is 4.90 Å². The number of nitrogens with zero attached hydrogens (tertiary/aromatic N) is 1. The number of hydrogen-bond acceptors (Lipinski definition) is 5. The minimum Gasteiger partial charge on any atom is -0.349 e. The predicted octanol–water partition coefficient (Wildman–Crippen LogP) is 4.65. The maximum atomic E-state index is 14.0. The minimum absolute atomic E-state index is 0.207. The molecule has 3 atom stereocenters. The van der Waals surface area contributed by atoms with Gasteiger partial charge in [0.2, 0.25) is 29.0 Å². The summed E-state index contributed by atoms with van der Waals surface area (Å²) in [7, 11) is 0. The van der Waals surface area contributed by atoms with Crippen molar-refractivity contribution in [2.45, 2.75) is 25.6 Å². The molecule has 3 aromatic rings. The lowest BCUT2D eigenvalue weighted by Gasteiger charge is -2.28. The van der Waals surface area contributed by atoms with Gasteiger partial charge in [-0.2, -0.15) is 0 Å². The van der Waals surface area contributed by atoms with Crippen LogP contribution in [0.1, 0.15) is 43.5 Å². The van der Waals surface area contributed by atoms with Crippen LogP contribution in [0.15, 0.2) is 66.7 Å². The number of carbonyl (C=O) groups is 4. The van der Waals surface area contributed by atoms with E-state index in [-0.39, 0.29) is 11.1 Å². The summed E-state index contributed by atoms with van der Waals surface area (Å²) in [5.74, 6) is -4.61. The van der Waals surface area contributed by atoms with Crippen LogP contribution in [-0.4, -0.2) is 29.0 Å². The van der Waals surface area contributed by atoms with E-state index in [2.05, 4.69) is 0 Å². The van der Waals surface area contributed by atoms with Crippen LogP contribution < -0.4 is 4.90 Å². The van der Waals surface area contributed by atoms with Crippen LogP contribution in [0.5, 0.6) is 0 Å². The Morgan fingerprint density at radius 1 is 0.800 bits per heavy atom. The van der Waals surface area contributed by atoms with Crippen LogP contribution in [0.25, 0.3) is 0 Å². The van der Waals surface area contributed by atoms with Crippen molar-refractivity contribution in [1.82, 2.24) is 0 Å². The van der Waals surface area contributed by atoms with Crippen LogP contribution in [0.3, 0.4) is 0 Å². The zero-order valence-electron chi connectivity index (χ0n) is 18.9. The van der Waals surface area contributed by atoms with Gasteiger partial charge in [0.05, 0.1) is 23.6 Å². The maximum absolute atomic E-state index is 14.0. The average molecular weight is 486 g/mol. The van der Waals surface area contributed by atoms with E-state index in [1.54, 1.807) is 61.5 Å². The van der Waals surface area contributed by atoms with Crippen molar-refractivity contribution in [3.8, 4) is 0 Å². The summed E-state index contributed by atoms with van der Waals surface area (Å²) >= 11 is 6.29. The van der Waals surface area contributed by atoms with Crippen molar-refractivity contribution in [2.75, 3.05) is 4.90 Å². The van der Waals surface area contributed by atoms with Crippen molar-refractivity contribution >= 4 is 40.7 Å². The van der Waals surface area contributed by atoms with Crippen LogP contribution in [-0.2, 0) is 14.3 Å². The number of benzene rings is 3. The van der Waals surface area contributed by atoms with E-state index in [0.29, 0.717) is 21.8 Å². The van der Waals surface area contributed by atoms with Crippen LogP contribution in [0.4, 0.5) is 5.69 Å². The molecule has 2 fully saturated rings. The topological polar surface area (TPSA) is 80.8 Å². The zero-order chi connectivity index (χ0) is 24.6. The minimum atomic E-state index is -2.09. The standard InChI is InChI=1S/C28H20ClNO5/c1-14-10-12-16(13-11-14)23-21-22(27(34)30(26(21)33)20-9-5-8-19(29)15(20)2)28(35-23)24(31)17-6-3-4-7-18(17)25(28)32/h3-13,21-23H,1-2H3/t21-,22+,23-/m1/s1. The fourth-order valence-electron chi connectivity index (χ4n) is 5.65. The summed E-state index contributed by atoms with van der Waals surface area (Å²) in [6, 6.07) is 18.8. The molecule has 6 rings (SSSR count). The molecule has 35 heavy (non-hydrogen) atoms. The molecule has 6 nitrogen and oxygen atoms in total. The molecule has 1 spiro atoms. The zero-order valence-corrected chi connectivity index (χ0v) is 19.7. The second-order valence-electron chi connectivity index (χ2n) is 9.29. The largest absolute Gasteiger partial charge is 0.349 e. The molecule has 2 saturated heterocycles. The number of carbonyl (C=O) groups excluding carboxylic acids is 4. The second-order valence-corrected chi connectivity index (χ2v) is 9.70. The Hall–Kier alpha value is -3.61. The number of imide groups is 1. The molecule has 0 unspecified atom stereocenters. The molecule has 0 bridgehead atoms. The molecule has 7 heteroatoms. The van der Waals surface area contributed by atoms with E-state index < -0.39 is 46.9 Å². The summed E-state index contributed by atoms with van der Waals surface area (Å²) < 4.78 is 6.30. The average Bonchev–Trinajstić information content (AvgIpc) is 3.42. The summed E-state index contributed by atoms with van der Waals surface area (Å²) in [4.78, 5) is 56.5. The summed E-state index contributed by atoms with van der Waals surface area (Å²) in [6.45, 7) is 3.65. The molecule has 0 aromatic heterocycles. The third-order valence-electron chi connectivity index (χ3n) is 7.40. The first-order valence-electron chi connectivity index (χ1n) is 11.3. The number of amides is 2. The molecule has 0 saturated carbocycles. The smallest absolute Gasteiger partial charge is 0.241 e. The SMILES string of the molecule is Cc1ccc([C@H]2OC3(C(=O)c4ccccc4C3=O)[C@@H]3C(=O)N(c4cccc(Cl)c4C)C(=O)[C@@H]23)cc1. The van der Waals surface area contributed by atoms with Crippen LogP contribution in [0.2, 0.25) is 5.02 Å². The van der Waals surface area contributed by atoms with E-state index in [1.165, 1.54) is 0 Å². The Labute approximate surface area is 206 Å². The van der Waals surface area contributed by atoms with E-state index in [4.69, 9.17) is 16.3 Å². The highest BCUT2D eigenvalue weighted by Gasteiger charge is 2.74. The van der Waals surface area contributed by atoms with Gasteiger partial charge in [0, 0.05) is 16.1 Å². The maximum Gasteiger partial charge on any atom is 0.241 e. The van der Waals surface area contributed by atoms with Crippen molar-refractivity contribution in [3.63, 3.8) is 0 Å². The van der Waals surface area contributed by atoms with Gasteiger partial charge >= 0.3 is 0 Å². The first-order valence-corrected chi connectivity index (χ1v) is 11.7. The van der Waals surface area contributed by atoms with Gasteiger partial charge in [-0.15, -0.1) is 0 Å². The first-order chi connectivity index (χ1) is 16.8. The van der Waals surface area contributed by atoms with Gasteiger partial charge in [-0.3, -0.25) is 19.2 Å². The fourth-order valence-corrected chi connectivity index (χ4v) is 5.82. The second kappa shape index (κ2) is 7.44. The molecule has 3 aromatic carbocycles. The first kappa shape index (κ1) is 21.9. The Morgan fingerprint density at radius 2 is 1.43 bits per heavy atom. The monoisotopic (exact) mass is 485 g/mol. The number of halogens is 1. The number of rotatable bonds is 2. The number of Topliss-reactive ketones (excluding diaryl/α,β-unsaturated/α-hetero) is 2. The van der Waals surface area contributed by atoms with Crippen molar-refractivity contribution in [1.29, 1.82) is 0 Å². The summed E-state index contributed by atoms with van der Waals surface area (Å²) in [6.07, 6.45) is -0.941. The third kappa shape index (κ3) is 2.75. The predicted molar refractivity (Wildman–Crippen MR) is 129 cm³/mol. The molecular formula is C28H20ClNO5. The van der Waals surface area contributed by atoms with Gasteiger partial charge < -0.3 is 4.74 Å². The molecule has 2 aliphatic heterocycles. The Morgan fingerprint density at radius 3 is 2.06 bits per heavy atom. The van der Waals surface area contributed by atoms with Gasteiger partial charge in [0.1, 0.15) is 0 Å². The molecule has 2 amide bonds. The number of anilines is 1. The van der Waals surface area contributed by atoms with E-state index in [9.17, 15) is 19.2 Å². The Bertz CT molecular complexity index is 1430. The lowest BCUT2D eigenvalue weighted by molar-refractivity contribution is -0.127. The highest BCUT2D eigenvalue weighted by Crippen LogP contribution is 2.58. The van der Waals surface area contributed by atoms with Gasteiger partial charge in [0.15, 0.2) is 0 Å². The molecule has 0 N–H and O–H groups in total. The molecule has 0 radical (unpaired) electrons. The summed E-state index contributed by atoms with van der Waals surface area (Å²) in [5.41, 5.74) is 0.864. The normalized spacial score (nSPS) is 24.4. The van der Waals surface area contributed by atoms with Crippen LogP contribution in [0, 0.1) is 25.7 Å². The fraction of sp³-hybridized carbons (Fsp3) is 0.214. The number of ether oxygens (including phenoxy) is 1. The van der Waals surface area contributed by atoms with E-state index >= 15 is 0 Å². The molecule has 3 aliphatic rings. The quantitative estimate of drug-likeness (QED) is 0.390. The van der Waals surface area contributed by atoms with E-state index in [1.807, 2.05) is 19.1 Å². The Kier molecular flexibility index (Phi) is 4.66. The molecule has 1 aliphatic carbocycles. The van der Waals surface area contributed by atoms with Gasteiger partial charge in [0.25, 0.3) is 0 Å². The number of aryl methyl sites for hydroxylation is 1. The molecule has 2 heterocycles. The van der Waals surface area contributed by atoms with Crippen molar-refractivity contribution in [3.05, 3.63) is 99.6 Å². The van der Waals surface area contributed by atoms with Gasteiger partial charge in [-0.05, 0) is 37.1 Å². The summed E-state index contributed by atoms with van der Waals surface area (Å²) in [5, 5.41) is 0.404. The highest BCUT2D eigenvalue weighted by atomic mass is 35.5. The van der Waals surface area contributed by atoms with Crippen LogP contribution >= 0.6 is 11.6 Å². The van der Waals surface area contributed by atoms with Crippen molar-refractivity contribution in [2.24, 2.45) is 11.8 Å². The van der Waals surface area contributed by atoms with Crippen molar-refractivity contribution < 1.29 is 23.9 Å². The lowest BCUT2D eigenvalue weighted by Crippen LogP contribution is -2.51. The number of fused-ring (bicyclic) bond motifs is 3. The highest BCUT2D eigenvalue weighted by molar-refractivity contribution is 6.37. The third-order valence-corrected chi connectivity index (χ3v) is 7.81. The Balaban J connectivity index is 1.56. The number of hydrogen-bond donors (Lipinski definition) is 0. The molecule has 174 valence electrons.